The number of anilines is 1. The van der Waals surface area contributed by atoms with Crippen molar-refractivity contribution in [1.29, 1.82) is 0 Å². The molecule has 1 aromatic carbocycles. The smallest absolute Gasteiger partial charge is 0.413 e. The molecule has 1 aliphatic heterocycles. The van der Waals surface area contributed by atoms with Crippen molar-refractivity contribution < 1.29 is 23.4 Å². The Morgan fingerprint density at radius 3 is 2.91 bits per heavy atom. The summed E-state index contributed by atoms with van der Waals surface area (Å²) in [6.45, 7) is 1.58. The van der Waals surface area contributed by atoms with E-state index in [1.807, 2.05) is 6.07 Å². The number of ether oxygens (including phenoxy) is 3. The first-order chi connectivity index (χ1) is 16.1. The van der Waals surface area contributed by atoms with E-state index in [4.69, 9.17) is 19.2 Å². The molecule has 2 fully saturated rings. The zero-order valence-corrected chi connectivity index (χ0v) is 18.4. The first-order valence-electron chi connectivity index (χ1n) is 11.1. The highest BCUT2D eigenvalue weighted by Gasteiger charge is 2.31. The van der Waals surface area contributed by atoms with Crippen molar-refractivity contribution in [2.75, 3.05) is 31.8 Å². The Morgan fingerprint density at radius 1 is 1.21 bits per heavy atom. The molecule has 0 radical (unpaired) electrons. The molecule has 1 atom stereocenters. The molecule has 33 heavy (non-hydrogen) atoms. The molecule has 174 valence electrons. The number of carbonyl (C=O) groups is 1. The van der Waals surface area contributed by atoms with Gasteiger partial charge in [0.2, 0.25) is 5.65 Å². The fourth-order valence-electron chi connectivity index (χ4n) is 4.10. The molecule has 2 aliphatic rings. The summed E-state index contributed by atoms with van der Waals surface area (Å²) in [5.74, 6) is 1.31. The highest BCUT2D eigenvalue weighted by molar-refractivity contribution is 5.74. The molecular weight excluding hydrogens is 429 g/mol. The van der Waals surface area contributed by atoms with E-state index in [-0.39, 0.29) is 17.9 Å². The minimum Gasteiger partial charge on any atom is -0.491 e. The summed E-state index contributed by atoms with van der Waals surface area (Å²) >= 11 is 0. The van der Waals surface area contributed by atoms with Gasteiger partial charge in [0.05, 0.1) is 18.8 Å². The van der Waals surface area contributed by atoms with Crippen LogP contribution in [0.25, 0.3) is 5.65 Å². The first-order valence-corrected chi connectivity index (χ1v) is 11.1. The number of fused-ring (bicyclic) bond motifs is 1. The lowest BCUT2D eigenvalue weighted by Gasteiger charge is -2.27. The lowest BCUT2D eigenvalue weighted by Crippen LogP contribution is -2.28. The normalized spacial score (nSPS) is 18.0. The van der Waals surface area contributed by atoms with Crippen molar-refractivity contribution in [1.82, 2.24) is 19.9 Å². The highest BCUT2D eigenvalue weighted by atomic mass is 19.1. The maximum absolute atomic E-state index is 14.2. The third-order valence-electron chi connectivity index (χ3n) is 5.85. The summed E-state index contributed by atoms with van der Waals surface area (Å²) in [6.07, 6.45) is 6.46. The standard InChI is InChI=1S/C23H26FN5O4/c1-31-11-12-32-19-7-4-15(24)13-17(19)18-3-2-9-28(18)21-8-10-29-22(27-21)20(14-25-29)33-23(30)26-16-5-6-16/h4,7-8,10,13-14,16,18H,2-3,5-6,9,11-12H2,1H3,(H,26,30)/t18-/m1/s1. The second-order valence-corrected chi connectivity index (χ2v) is 8.25. The minimum atomic E-state index is -0.503. The number of nitrogens with zero attached hydrogens (tertiary/aromatic N) is 4. The third kappa shape index (κ3) is 4.70. The van der Waals surface area contributed by atoms with Gasteiger partial charge >= 0.3 is 6.09 Å². The Kier molecular flexibility index (Phi) is 5.99. The van der Waals surface area contributed by atoms with Crippen LogP contribution >= 0.6 is 0 Å². The van der Waals surface area contributed by atoms with Gasteiger partial charge in [0.15, 0.2) is 5.75 Å². The molecular formula is C23H26FN5O4. The summed E-state index contributed by atoms with van der Waals surface area (Å²) in [4.78, 5) is 19.0. The van der Waals surface area contributed by atoms with E-state index in [9.17, 15) is 9.18 Å². The predicted octanol–water partition coefficient (Wildman–Crippen LogP) is 3.49. The zero-order valence-electron chi connectivity index (χ0n) is 18.4. The molecule has 3 aromatic rings. The molecule has 1 saturated carbocycles. The van der Waals surface area contributed by atoms with Crippen molar-refractivity contribution in [3.8, 4) is 11.5 Å². The van der Waals surface area contributed by atoms with Gasteiger partial charge in [-0.25, -0.2) is 18.7 Å². The second-order valence-electron chi connectivity index (χ2n) is 8.25. The fourth-order valence-corrected chi connectivity index (χ4v) is 4.10. The number of hydrogen-bond donors (Lipinski definition) is 1. The predicted molar refractivity (Wildman–Crippen MR) is 118 cm³/mol. The van der Waals surface area contributed by atoms with Gasteiger partial charge in [0.25, 0.3) is 0 Å². The number of carbonyl (C=O) groups excluding carboxylic acids is 1. The van der Waals surface area contributed by atoms with Crippen LogP contribution in [0.15, 0.2) is 36.7 Å². The minimum absolute atomic E-state index is 0.0985. The monoisotopic (exact) mass is 455 g/mol. The van der Waals surface area contributed by atoms with E-state index in [0.717, 1.165) is 37.8 Å². The van der Waals surface area contributed by atoms with Crippen molar-refractivity contribution >= 4 is 17.6 Å². The zero-order chi connectivity index (χ0) is 22.8. The van der Waals surface area contributed by atoms with Crippen LogP contribution in [0.4, 0.5) is 15.0 Å². The van der Waals surface area contributed by atoms with E-state index in [1.54, 1.807) is 23.9 Å². The molecule has 1 N–H and O–H groups in total. The topological polar surface area (TPSA) is 90.2 Å². The van der Waals surface area contributed by atoms with Crippen LogP contribution in [0, 0.1) is 5.82 Å². The maximum Gasteiger partial charge on any atom is 0.413 e. The van der Waals surface area contributed by atoms with Gasteiger partial charge in [-0.2, -0.15) is 5.10 Å². The summed E-state index contributed by atoms with van der Waals surface area (Å²) in [5, 5.41) is 7.02. The van der Waals surface area contributed by atoms with E-state index in [1.165, 1.54) is 18.3 Å². The molecule has 0 unspecified atom stereocenters. The van der Waals surface area contributed by atoms with Crippen LogP contribution in [0.3, 0.4) is 0 Å². The van der Waals surface area contributed by atoms with Gasteiger partial charge in [0.1, 0.15) is 24.0 Å². The van der Waals surface area contributed by atoms with Gasteiger partial charge in [-0.05, 0) is 49.9 Å². The second kappa shape index (κ2) is 9.22. The summed E-state index contributed by atoms with van der Waals surface area (Å²) < 4.78 is 32.1. The SMILES string of the molecule is COCCOc1ccc(F)cc1[C@H]1CCCN1c1ccn2ncc(OC(=O)NC3CC3)c2n1. The van der Waals surface area contributed by atoms with Crippen LogP contribution < -0.4 is 19.7 Å². The molecule has 1 saturated heterocycles. The van der Waals surface area contributed by atoms with Crippen LogP contribution in [0.2, 0.25) is 0 Å². The Morgan fingerprint density at radius 2 is 2.09 bits per heavy atom. The molecule has 2 aromatic heterocycles. The average Bonchev–Trinajstić information content (AvgIpc) is 3.33. The third-order valence-corrected chi connectivity index (χ3v) is 5.85. The van der Waals surface area contributed by atoms with E-state index >= 15 is 0 Å². The summed E-state index contributed by atoms with van der Waals surface area (Å²) in [7, 11) is 1.61. The Balaban J connectivity index is 1.41. The number of halogens is 1. The number of aromatic nitrogens is 3. The molecule has 1 amide bonds. The molecule has 9 nitrogen and oxygen atoms in total. The summed E-state index contributed by atoms with van der Waals surface area (Å²) in [5.41, 5.74) is 1.22. The van der Waals surface area contributed by atoms with Crippen molar-refractivity contribution in [3.63, 3.8) is 0 Å². The number of amides is 1. The van der Waals surface area contributed by atoms with Crippen molar-refractivity contribution in [2.45, 2.75) is 37.8 Å². The summed E-state index contributed by atoms with van der Waals surface area (Å²) in [6, 6.07) is 6.54. The fraction of sp³-hybridized carbons (Fsp3) is 0.435. The van der Waals surface area contributed by atoms with Crippen LogP contribution in [0.1, 0.15) is 37.3 Å². The van der Waals surface area contributed by atoms with Crippen LogP contribution in [-0.2, 0) is 4.74 Å². The van der Waals surface area contributed by atoms with Crippen LogP contribution in [0.5, 0.6) is 11.5 Å². The van der Waals surface area contributed by atoms with E-state index in [2.05, 4.69) is 15.3 Å². The van der Waals surface area contributed by atoms with Gasteiger partial charge in [0, 0.05) is 31.5 Å². The molecule has 0 bridgehead atoms. The lowest BCUT2D eigenvalue weighted by molar-refractivity contribution is 0.145. The number of methoxy groups -OCH3 is 1. The number of rotatable bonds is 8. The van der Waals surface area contributed by atoms with E-state index < -0.39 is 6.09 Å². The van der Waals surface area contributed by atoms with Gasteiger partial charge in [-0.15, -0.1) is 0 Å². The molecule has 1 aliphatic carbocycles. The highest BCUT2D eigenvalue weighted by Crippen LogP contribution is 2.40. The van der Waals surface area contributed by atoms with Crippen LogP contribution in [-0.4, -0.2) is 53.6 Å². The number of nitrogens with one attached hydrogen (secondary N) is 1. The Hall–Kier alpha value is -3.40. The van der Waals surface area contributed by atoms with Gasteiger partial charge in [-0.3, -0.25) is 0 Å². The Bertz CT molecular complexity index is 1150. The van der Waals surface area contributed by atoms with E-state index in [0.29, 0.717) is 36.2 Å². The van der Waals surface area contributed by atoms with Gasteiger partial charge in [-0.1, -0.05) is 0 Å². The molecule has 10 heteroatoms. The number of benzene rings is 1. The molecule has 0 spiro atoms. The average molecular weight is 455 g/mol. The van der Waals surface area contributed by atoms with Gasteiger partial charge < -0.3 is 24.4 Å². The quantitative estimate of drug-likeness (QED) is 0.520. The van der Waals surface area contributed by atoms with Crippen molar-refractivity contribution in [3.05, 3.63) is 48.0 Å². The molecule has 3 heterocycles. The van der Waals surface area contributed by atoms with Crippen molar-refractivity contribution in [2.24, 2.45) is 0 Å². The Labute approximate surface area is 190 Å². The first kappa shape index (κ1) is 21.4. The maximum atomic E-state index is 14.2. The molecule has 5 rings (SSSR count). The lowest BCUT2D eigenvalue weighted by atomic mass is 10.0. The number of hydrogen-bond acceptors (Lipinski definition) is 7. The largest absolute Gasteiger partial charge is 0.491 e.